The first-order valence-electron chi connectivity index (χ1n) is 4.79. The third-order valence-electron chi connectivity index (χ3n) is 2.20. The average Bonchev–Trinajstić information content (AvgIpc) is 2.63. The van der Waals surface area contributed by atoms with Gasteiger partial charge in [-0.1, -0.05) is 6.08 Å². The number of carbonyl (C=O) groups is 1. The first-order chi connectivity index (χ1) is 7.96. The van der Waals surface area contributed by atoms with Gasteiger partial charge in [0, 0.05) is 18.3 Å². The molecule has 3 nitrogen and oxygen atoms in total. The number of carbonyl (C=O) groups excluding carboxylic acids is 1. The van der Waals surface area contributed by atoms with E-state index in [9.17, 15) is 18.0 Å². The second-order valence-electron chi connectivity index (χ2n) is 3.39. The molecule has 17 heavy (non-hydrogen) atoms. The van der Waals surface area contributed by atoms with Crippen LogP contribution in [0.3, 0.4) is 0 Å². The summed E-state index contributed by atoms with van der Waals surface area (Å²) in [6.45, 7) is 0.429. The molecule has 0 fully saturated rings. The molecule has 0 saturated heterocycles. The molecule has 0 saturated carbocycles. The van der Waals surface area contributed by atoms with E-state index in [-0.39, 0.29) is 11.7 Å². The lowest BCUT2D eigenvalue weighted by molar-refractivity contribution is -0.274. The SMILES string of the molecule is O=C1C=CCN1c1ccc(OC(F)(F)F)cc1. The smallest absolute Gasteiger partial charge is 0.406 e. The Morgan fingerprint density at radius 3 is 2.29 bits per heavy atom. The van der Waals surface area contributed by atoms with Crippen LogP contribution in [0.4, 0.5) is 18.9 Å². The van der Waals surface area contributed by atoms with Crippen LogP contribution in [0.2, 0.25) is 0 Å². The summed E-state index contributed by atoms with van der Waals surface area (Å²) in [5.74, 6) is -0.490. The summed E-state index contributed by atoms with van der Waals surface area (Å²) in [5, 5.41) is 0. The predicted octanol–water partition coefficient (Wildman–Crippen LogP) is 2.49. The third kappa shape index (κ3) is 2.77. The van der Waals surface area contributed by atoms with E-state index in [1.54, 1.807) is 6.08 Å². The lowest BCUT2D eigenvalue weighted by Gasteiger charge is -2.16. The first kappa shape index (κ1) is 11.5. The summed E-state index contributed by atoms with van der Waals surface area (Å²) < 4.78 is 39.5. The molecule has 1 aromatic rings. The van der Waals surface area contributed by atoms with E-state index in [0.717, 1.165) is 0 Å². The molecule has 1 heterocycles. The van der Waals surface area contributed by atoms with Gasteiger partial charge in [0.05, 0.1) is 0 Å². The zero-order valence-corrected chi connectivity index (χ0v) is 8.57. The molecule has 90 valence electrons. The van der Waals surface area contributed by atoms with Crippen LogP contribution >= 0.6 is 0 Å². The number of benzene rings is 1. The van der Waals surface area contributed by atoms with Crippen molar-refractivity contribution in [2.75, 3.05) is 11.4 Å². The molecule has 0 aromatic heterocycles. The highest BCUT2D eigenvalue weighted by atomic mass is 19.4. The van der Waals surface area contributed by atoms with Crippen LogP contribution in [0.15, 0.2) is 36.4 Å². The van der Waals surface area contributed by atoms with Crippen molar-refractivity contribution in [2.45, 2.75) is 6.36 Å². The molecule has 0 spiro atoms. The fraction of sp³-hybridized carbons (Fsp3) is 0.182. The monoisotopic (exact) mass is 243 g/mol. The number of hydrogen-bond donors (Lipinski definition) is 0. The van der Waals surface area contributed by atoms with E-state index in [1.807, 2.05) is 0 Å². The van der Waals surface area contributed by atoms with Gasteiger partial charge < -0.3 is 9.64 Å². The third-order valence-corrected chi connectivity index (χ3v) is 2.20. The summed E-state index contributed by atoms with van der Waals surface area (Å²) in [4.78, 5) is 12.8. The minimum absolute atomic E-state index is 0.186. The maximum absolute atomic E-state index is 11.9. The van der Waals surface area contributed by atoms with E-state index in [2.05, 4.69) is 4.74 Å². The van der Waals surface area contributed by atoms with E-state index in [0.29, 0.717) is 12.2 Å². The zero-order valence-electron chi connectivity index (χ0n) is 8.57. The molecule has 0 unspecified atom stereocenters. The summed E-state index contributed by atoms with van der Waals surface area (Å²) in [6.07, 6.45) is -1.60. The van der Waals surface area contributed by atoms with Crippen LogP contribution in [0, 0.1) is 0 Å². The summed E-state index contributed by atoms with van der Waals surface area (Å²) in [6, 6.07) is 5.17. The number of alkyl halides is 3. The van der Waals surface area contributed by atoms with Crippen LogP contribution in [0.25, 0.3) is 0 Å². The maximum Gasteiger partial charge on any atom is 0.573 e. The Labute approximate surface area is 95.1 Å². The Morgan fingerprint density at radius 1 is 1.18 bits per heavy atom. The van der Waals surface area contributed by atoms with Crippen molar-refractivity contribution in [3.05, 3.63) is 36.4 Å². The van der Waals surface area contributed by atoms with E-state index in [4.69, 9.17) is 0 Å². The van der Waals surface area contributed by atoms with Gasteiger partial charge in [0.1, 0.15) is 5.75 Å². The van der Waals surface area contributed by atoms with Crippen molar-refractivity contribution in [2.24, 2.45) is 0 Å². The predicted molar refractivity (Wildman–Crippen MR) is 54.6 cm³/mol. The highest BCUT2D eigenvalue weighted by Gasteiger charge is 2.31. The lowest BCUT2D eigenvalue weighted by atomic mass is 10.3. The van der Waals surface area contributed by atoms with Gasteiger partial charge in [0.25, 0.3) is 5.91 Å². The highest BCUT2D eigenvalue weighted by Crippen LogP contribution is 2.26. The molecule has 1 aliphatic heterocycles. The maximum atomic E-state index is 11.9. The number of rotatable bonds is 2. The van der Waals surface area contributed by atoms with E-state index in [1.165, 1.54) is 35.2 Å². The number of ether oxygens (including phenoxy) is 1. The van der Waals surface area contributed by atoms with Crippen molar-refractivity contribution in [3.8, 4) is 5.75 Å². The van der Waals surface area contributed by atoms with Crippen LogP contribution in [-0.4, -0.2) is 18.8 Å². The van der Waals surface area contributed by atoms with Crippen LogP contribution in [0.1, 0.15) is 0 Å². The second kappa shape index (κ2) is 4.12. The van der Waals surface area contributed by atoms with Crippen LogP contribution < -0.4 is 9.64 Å². The van der Waals surface area contributed by atoms with Gasteiger partial charge in [-0.15, -0.1) is 13.2 Å². The Morgan fingerprint density at radius 2 is 1.82 bits per heavy atom. The molecule has 1 aliphatic rings. The van der Waals surface area contributed by atoms with E-state index >= 15 is 0 Å². The fourth-order valence-corrected chi connectivity index (χ4v) is 1.50. The molecular formula is C11H8F3NO2. The van der Waals surface area contributed by atoms with Crippen molar-refractivity contribution < 1.29 is 22.7 Å². The molecule has 0 radical (unpaired) electrons. The molecule has 0 bridgehead atoms. The van der Waals surface area contributed by atoms with Crippen LogP contribution in [0.5, 0.6) is 5.75 Å². The Hall–Kier alpha value is -1.98. The highest BCUT2D eigenvalue weighted by molar-refractivity contribution is 6.04. The Balaban J connectivity index is 2.11. The summed E-state index contributed by atoms with van der Waals surface area (Å²) in [7, 11) is 0. The van der Waals surface area contributed by atoms with E-state index < -0.39 is 6.36 Å². The Kier molecular flexibility index (Phi) is 2.79. The van der Waals surface area contributed by atoms with Crippen molar-refractivity contribution in [1.29, 1.82) is 0 Å². The molecule has 0 atom stereocenters. The van der Waals surface area contributed by atoms with Crippen molar-refractivity contribution >= 4 is 11.6 Å². The Bertz CT molecular complexity index is 451. The zero-order chi connectivity index (χ0) is 12.5. The number of hydrogen-bond acceptors (Lipinski definition) is 2. The minimum atomic E-state index is -4.70. The standard InChI is InChI=1S/C11H8F3NO2/c12-11(13,14)17-9-5-3-8(4-6-9)15-7-1-2-10(15)16/h1-6H,7H2. The lowest BCUT2D eigenvalue weighted by Crippen LogP contribution is -2.24. The number of anilines is 1. The van der Waals surface area contributed by atoms with Gasteiger partial charge in [0.15, 0.2) is 0 Å². The van der Waals surface area contributed by atoms with Gasteiger partial charge in [-0.25, -0.2) is 0 Å². The fourth-order valence-electron chi connectivity index (χ4n) is 1.50. The van der Waals surface area contributed by atoms with Crippen molar-refractivity contribution in [1.82, 2.24) is 0 Å². The molecule has 1 amide bonds. The minimum Gasteiger partial charge on any atom is -0.406 e. The number of halogens is 3. The topological polar surface area (TPSA) is 29.5 Å². The van der Waals surface area contributed by atoms with Gasteiger partial charge in [-0.05, 0) is 24.3 Å². The second-order valence-corrected chi connectivity index (χ2v) is 3.39. The van der Waals surface area contributed by atoms with Gasteiger partial charge >= 0.3 is 6.36 Å². The molecule has 0 aliphatic carbocycles. The molecule has 1 aromatic carbocycles. The van der Waals surface area contributed by atoms with Crippen LogP contribution in [-0.2, 0) is 4.79 Å². The van der Waals surface area contributed by atoms with Crippen molar-refractivity contribution in [3.63, 3.8) is 0 Å². The van der Waals surface area contributed by atoms with Gasteiger partial charge in [0.2, 0.25) is 0 Å². The summed E-state index contributed by atoms with van der Waals surface area (Å²) in [5.41, 5.74) is 0.537. The van der Waals surface area contributed by atoms with Gasteiger partial charge in [-0.3, -0.25) is 4.79 Å². The first-order valence-corrected chi connectivity index (χ1v) is 4.79. The largest absolute Gasteiger partial charge is 0.573 e. The quantitative estimate of drug-likeness (QED) is 0.798. The summed E-state index contributed by atoms with van der Waals surface area (Å²) >= 11 is 0. The number of nitrogens with zero attached hydrogens (tertiary/aromatic N) is 1. The number of amides is 1. The molecular weight excluding hydrogens is 235 g/mol. The molecule has 2 rings (SSSR count). The average molecular weight is 243 g/mol. The normalized spacial score (nSPS) is 15.5. The molecule has 6 heteroatoms. The molecule has 0 N–H and O–H groups in total. The van der Waals surface area contributed by atoms with Gasteiger partial charge in [-0.2, -0.15) is 0 Å².